The van der Waals surface area contributed by atoms with Crippen molar-refractivity contribution in [2.75, 3.05) is 14.2 Å². The van der Waals surface area contributed by atoms with Crippen LogP contribution in [0.4, 0.5) is 0 Å². The van der Waals surface area contributed by atoms with Gasteiger partial charge in [0, 0.05) is 0 Å². The maximum atomic E-state index is 5.25. The van der Waals surface area contributed by atoms with E-state index in [4.69, 9.17) is 9.47 Å². The second-order valence-electron chi connectivity index (χ2n) is 3.75. The van der Waals surface area contributed by atoms with Gasteiger partial charge in [0.25, 0.3) is 0 Å². The van der Waals surface area contributed by atoms with Gasteiger partial charge >= 0.3 is 0 Å². The molecule has 1 aliphatic carbocycles. The van der Waals surface area contributed by atoms with E-state index in [-0.39, 0.29) is 0 Å². The molecule has 0 atom stereocenters. The zero-order chi connectivity index (χ0) is 11.4. The van der Waals surface area contributed by atoms with Crippen LogP contribution in [0.3, 0.4) is 0 Å². The minimum Gasteiger partial charge on any atom is -0.497 e. The summed E-state index contributed by atoms with van der Waals surface area (Å²) in [6.45, 7) is 0. The van der Waals surface area contributed by atoms with Gasteiger partial charge in [-0.1, -0.05) is 12.1 Å². The monoisotopic (exact) mass is 216 g/mol. The van der Waals surface area contributed by atoms with Crippen molar-refractivity contribution in [2.45, 2.75) is 12.8 Å². The lowest BCUT2D eigenvalue weighted by molar-refractivity contribution is 0.304. The van der Waals surface area contributed by atoms with Gasteiger partial charge < -0.3 is 9.47 Å². The lowest BCUT2D eigenvalue weighted by atomic mass is 9.97. The summed E-state index contributed by atoms with van der Waals surface area (Å²) < 4.78 is 10.4. The van der Waals surface area contributed by atoms with Gasteiger partial charge in [-0.25, -0.2) is 0 Å². The lowest BCUT2D eigenvalue weighted by Gasteiger charge is -2.13. The number of allylic oxidation sites excluding steroid dienone is 3. The van der Waals surface area contributed by atoms with Crippen molar-refractivity contribution in [3.63, 3.8) is 0 Å². The summed E-state index contributed by atoms with van der Waals surface area (Å²) in [5.41, 5.74) is 2.56. The van der Waals surface area contributed by atoms with Gasteiger partial charge in [0.2, 0.25) is 0 Å². The minimum atomic E-state index is 0.891. The van der Waals surface area contributed by atoms with Gasteiger partial charge in [0.15, 0.2) is 0 Å². The molecule has 0 fully saturated rings. The van der Waals surface area contributed by atoms with Crippen LogP contribution >= 0.6 is 0 Å². The van der Waals surface area contributed by atoms with Gasteiger partial charge in [-0.15, -0.1) is 0 Å². The zero-order valence-electron chi connectivity index (χ0n) is 9.69. The number of ether oxygens (including phenoxy) is 2. The van der Waals surface area contributed by atoms with Crippen molar-refractivity contribution in [2.24, 2.45) is 0 Å². The largest absolute Gasteiger partial charge is 0.497 e. The first kappa shape index (κ1) is 10.8. The van der Waals surface area contributed by atoms with Crippen molar-refractivity contribution in [3.05, 3.63) is 47.7 Å². The van der Waals surface area contributed by atoms with Crippen molar-refractivity contribution in [1.29, 1.82) is 0 Å². The Bertz CT molecular complexity index is 413. The summed E-state index contributed by atoms with van der Waals surface area (Å²) in [6.07, 6.45) is 6.33. The molecule has 0 saturated heterocycles. The molecule has 0 aliphatic heterocycles. The van der Waals surface area contributed by atoms with Crippen LogP contribution in [0, 0.1) is 0 Å². The summed E-state index contributed by atoms with van der Waals surface area (Å²) in [4.78, 5) is 0. The van der Waals surface area contributed by atoms with Crippen LogP contribution < -0.4 is 4.74 Å². The average Bonchev–Trinajstić information content (AvgIpc) is 2.39. The van der Waals surface area contributed by atoms with Gasteiger partial charge in [-0.05, 0) is 48.3 Å². The first-order valence-electron chi connectivity index (χ1n) is 5.42. The van der Waals surface area contributed by atoms with Crippen molar-refractivity contribution < 1.29 is 9.47 Å². The molecule has 16 heavy (non-hydrogen) atoms. The normalized spacial score (nSPS) is 15.1. The molecule has 0 N–H and O–H groups in total. The van der Waals surface area contributed by atoms with Gasteiger partial charge in [-0.2, -0.15) is 0 Å². The number of hydrogen-bond donors (Lipinski definition) is 0. The molecule has 0 unspecified atom stereocenters. The third-order valence-corrected chi connectivity index (χ3v) is 2.77. The summed E-state index contributed by atoms with van der Waals surface area (Å²) >= 11 is 0. The highest BCUT2D eigenvalue weighted by Crippen LogP contribution is 2.27. The maximum absolute atomic E-state index is 5.25. The molecule has 2 nitrogen and oxygen atoms in total. The third kappa shape index (κ3) is 2.27. The van der Waals surface area contributed by atoms with Crippen LogP contribution in [-0.2, 0) is 4.74 Å². The molecule has 0 aromatic heterocycles. The number of methoxy groups -OCH3 is 2. The summed E-state index contributed by atoms with van der Waals surface area (Å²) in [5, 5.41) is 0. The van der Waals surface area contributed by atoms with E-state index < -0.39 is 0 Å². The molecule has 2 rings (SSSR count). The van der Waals surface area contributed by atoms with Gasteiger partial charge in [0.05, 0.1) is 14.2 Å². The van der Waals surface area contributed by atoms with E-state index in [2.05, 4.69) is 24.3 Å². The molecule has 0 heterocycles. The van der Waals surface area contributed by atoms with E-state index in [1.165, 1.54) is 11.1 Å². The van der Waals surface area contributed by atoms with Crippen LogP contribution in [0.5, 0.6) is 5.75 Å². The van der Waals surface area contributed by atoms with E-state index >= 15 is 0 Å². The standard InChI is InChI=1S/C14H16O2/c1-15-13-8-6-11(7-9-13)12-4-3-5-14(10-12)16-2/h5-10H,3-4H2,1-2H3. The highest BCUT2D eigenvalue weighted by molar-refractivity contribution is 5.69. The molecule has 0 spiro atoms. The molecule has 1 aliphatic rings. The SMILES string of the molecule is COC1=CCCC(c2ccc(OC)cc2)=C1. The van der Waals surface area contributed by atoms with E-state index in [1.807, 2.05) is 12.1 Å². The number of rotatable bonds is 3. The lowest BCUT2D eigenvalue weighted by Crippen LogP contribution is -1.94. The molecular formula is C14H16O2. The van der Waals surface area contributed by atoms with E-state index in [9.17, 15) is 0 Å². The summed E-state index contributed by atoms with van der Waals surface area (Å²) in [7, 11) is 3.39. The second-order valence-corrected chi connectivity index (χ2v) is 3.75. The Hall–Kier alpha value is -1.70. The topological polar surface area (TPSA) is 18.5 Å². The van der Waals surface area contributed by atoms with E-state index in [0.717, 1.165) is 24.4 Å². The predicted octanol–water partition coefficient (Wildman–Crippen LogP) is 3.40. The number of hydrogen-bond acceptors (Lipinski definition) is 2. The van der Waals surface area contributed by atoms with Gasteiger partial charge in [-0.3, -0.25) is 0 Å². The maximum Gasteiger partial charge on any atom is 0.118 e. The fraction of sp³-hybridized carbons (Fsp3) is 0.286. The highest BCUT2D eigenvalue weighted by atomic mass is 16.5. The molecule has 84 valence electrons. The molecule has 2 heteroatoms. The fourth-order valence-corrected chi connectivity index (χ4v) is 1.85. The first-order valence-corrected chi connectivity index (χ1v) is 5.42. The molecular weight excluding hydrogens is 200 g/mol. The van der Waals surface area contributed by atoms with Crippen molar-refractivity contribution in [1.82, 2.24) is 0 Å². The Morgan fingerprint density at radius 3 is 2.38 bits per heavy atom. The van der Waals surface area contributed by atoms with Crippen molar-refractivity contribution >= 4 is 5.57 Å². The molecule has 1 aromatic carbocycles. The third-order valence-electron chi connectivity index (χ3n) is 2.77. The molecule has 0 bridgehead atoms. The van der Waals surface area contributed by atoms with E-state index in [1.54, 1.807) is 14.2 Å². The second kappa shape index (κ2) is 4.88. The predicted molar refractivity (Wildman–Crippen MR) is 65.3 cm³/mol. The Morgan fingerprint density at radius 1 is 1.00 bits per heavy atom. The first-order chi connectivity index (χ1) is 7.83. The Morgan fingerprint density at radius 2 is 1.75 bits per heavy atom. The van der Waals surface area contributed by atoms with Crippen LogP contribution in [0.1, 0.15) is 18.4 Å². The Kier molecular flexibility index (Phi) is 3.30. The molecule has 0 amide bonds. The van der Waals surface area contributed by atoms with Crippen LogP contribution in [0.15, 0.2) is 42.2 Å². The zero-order valence-corrected chi connectivity index (χ0v) is 9.69. The van der Waals surface area contributed by atoms with E-state index in [0.29, 0.717) is 0 Å². The van der Waals surface area contributed by atoms with Gasteiger partial charge in [0.1, 0.15) is 11.5 Å². The summed E-state index contributed by atoms with van der Waals surface area (Å²) in [6, 6.07) is 8.15. The minimum absolute atomic E-state index is 0.891. The van der Waals surface area contributed by atoms with Crippen LogP contribution in [-0.4, -0.2) is 14.2 Å². The van der Waals surface area contributed by atoms with Crippen LogP contribution in [0.25, 0.3) is 5.57 Å². The Balaban J connectivity index is 2.23. The van der Waals surface area contributed by atoms with Crippen molar-refractivity contribution in [3.8, 4) is 5.75 Å². The highest BCUT2D eigenvalue weighted by Gasteiger charge is 2.07. The average molecular weight is 216 g/mol. The molecule has 0 radical (unpaired) electrons. The summed E-state index contributed by atoms with van der Waals surface area (Å²) in [5.74, 6) is 1.85. The molecule has 1 aromatic rings. The Labute approximate surface area is 96.2 Å². The fourth-order valence-electron chi connectivity index (χ4n) is 1.85. The smallest absolute Gasteiger partial charge is 0.118 e. The van der Waals surface area contributed by atoms with Crippen LogP contribution in [0.2, 0.25) is 0 Å². The molecule has 0 saturated carbocycles. The quantitative estimate of drug-likeness (QED) is 0.771. The number of benzene rings is 1.